The third kappa shape index (κ3) is 96.2. The van der Waals surface area contributed by atoms with Crippen molar-refractivity contribution in [3.63, 3.8) is 0 Å². The van der Waals surface area contributed by atoms with Crippen molar-refractivity contribution < 1.29 is 10.2 Å². The number of nitrogens with one attached hydrogen (secondary N) is 1. The second kappa shape index (κ2) is 57.4. The number of unbranched alkanes of at least 4 members (excludes halogenated alkanes) is 1. The highest BCUT2D eigenvalue weighted by Crippen LogP contribution is 2.16. The first-order chi connectivity index (χ1) is 30.5. The Kier molecular flexibility index (Phi) is 68.5. The van der Waals surface area contributed by atoms with Crippen molar-refractivity contribution in [1.82, 2.24) is 5.32 Å². The van der Waals surface area contributed by atoms with Crippen molar-refractivity contribution >= 4 is 6.21 Å². The summed E-state index contributed by atoms with van der Waals surface area (Å²) in [6.07, 6.45) is 18.0. The molecular weight excluding hydrogens is 837 g/mol. The van der Waals surface area contributed by atoms with Crippen LogP contribution >= 0.6 is 0 Å². The Morgan fingerprint density at radius 3 is 1.26 bits per heavy atom. The van der Waals surface area contributed by atoms with E-state index in [9.17, 15) is 0 Å². The van der Waals surface area contributed by atoms with Gasteiger partial charge in [0.1, 0.15) is 0 Å². The maximum absolute atomic E-state index is 8.61. The molecule has 0 unspecified atom stereocenters. The molecule has 1 aromatic rings. The SMILES string of the molecule is C.C.C=C(N)CC(C)C.C=C(N)CCC(C)C.C=C(N)NCCCC(C)C.C=C(O)CC(C)C.C=C(O)CCC(C)C.CC(C)C1=CN=CC1.CC(C)CCCCN.CC(C)Cc1ccccc1. The monoisotopic (exact) mass is 959 g/mol. The summed E-state index contributed by atoms with van der Waals surface area (Å²) in [5, 5.41) is 20.1. The quantitative estimate of drug-likeness (QED) is 0.0448. The number of rotatable bonds is 22. The van der Waals surface area contributed by atoms with E-state index in [4.69, 9.17) is 33.1 Å². The van der Waals surface area contributed by atoms with Crippen LogP contribution < -0.4 is 28.3 Å². The molecule has 0 aliphatic carbocycles. The largest absolute Gasteiger partial charge is 0.513 e. The minimum absolute atomic E-state index is 0. The van der Waals surface area contributed by atoms with Gasteiger partial charge in [0.05, 0.1) is 17.3 Å². The molecule has 0 atom stereocenters. The molecule has 0 amide bonds. The zero-order chi connectivity index (χ0) is 52.6. The van der Waals surface area contributed by atoms with Crippen molar-refractivity contribution in [2.45, 2.75) is 209 Å². The Balaban J connectivity index is -0.000000101. The van der Waals surface area contributed by atoms with Crippen LogP contribution in [0.25, 0.3) is 0 Å². The topological polar surface area (TPSA) is 169 Å². The summed E-state index contributed by atoms with van der Waals surface area (Å²) in [6.45, 7) is 54.0. The number of aliphatic imine (C=N–C) groups is 1. The fourth-order valence-electron chi connectivity index (χ4n) is 5.21. The van der Waals surface area contributed by atoms with E-state index < -0.39 is 0 Å². The second-order valence-corrected chi connectivity index (χ2v) is 20.7. The van der Waals surface area contributed by atoms with Gasteiger partial charge in [-0.15, -0.1) is 0 Å². The van der Waals surface area contributed by atoms with Gasteiger partial charge in [-0.1, -0.05) is 202 Å². The average Bonchev–Trinajstić information content (AvgIpc) is 3.72. The Bertz CT molecular complexity index is 1280. The second-order valence-electron chi connectivity index (χ2n) is 20.7. The molecule has 0 radical (unpaired) electrons. The zero-order valence-electron chi connectivity index (χ0n) is 46.5. The van der Waals surface area contributed by atoms with Gasteiger partial charge in [0.2, 0.25) is 0 Å². The minimum atomic E-state index is 0. The third-order valence-corrected chi connectivity index (χ3v) is 8.81. The van der Waals surface area contributed by atoms with Crippen molar-refractivity contribution in [3.05, 3.63) is 109 Å². The van der Waals surface area contributed by atoms with E-state index in [-0.39, 0.29) is 20.6 Å². The molecule has 1 aliphatic rings. The van der Waals surface area contributed by atoms with Gasteiger partial charge in [0.15, 0.2) is 0 Å². The summed E-state index contributed by atoms with van der Waals surface area (Å²) in [4.78, 5) is 4.00. The summed E-state index contributed by atoms with van der Waals surface area (Å²) in [5.74, 6) is 6.83. The number of aliphatic hydroxyl groups is 2. The zero-order valence-corrected chi connectivity index (χ0v) is 46.5. The maximum atomic E-state index is 8.61. The molecular formula is C60H122N6O2. The maximum Gasteiger partial charge on any atom is 0.0885 e. The number of allylic oxidation sites excluding steroid dienone is 5. The van der Waals surface area contributed by atoms with Gasteiger partial charge in [-0.25, -0.2) is 0 Å². The molecule has 0 saturated heterocycles. The van der Waals surface area contributed by atoms with Gasteiger partial charge in [-0.2, -0.15) is 0 Å². The van der Waals surface area contributed by atoms with Crippen LogP contribution in [-0.4, -0.2) is 29.5 Å². The van der Waals surface area contributed by atoms with E-state index in [1.165, 1.54) is 49.7 Å². The van der Waals surface area contributed by atoms with Crippen molar-refractivity contribution in [2.75, 3.05) is 13.1 Å². The highest BCUT2D eigenvalue weighted by atomic mass is 16.3. The fourth-order valence-corrected chi connectivity index (χ4v) is 5.21. The molecule has 0 bridgehead atoms. The molecule has 11 N–H and O–H groups in total. The van der Waals surface area contributed by atoms with Gasteiger partial charge in [0.25, 0.3) is 0 Å². The van der Waals surface area contributed by atoms with Crippen molar-refractivity contribution in [3.8, 4) is 0 Å². The summed E-state index contributed by atoms with van der Waals surface area (Å²) >= 11 is 0. The Morgan fingerprint density at radius 2 is 1.03 bits per heavy atom. The van der Waals surface area contributed by atoms with Crippen LogP contribution in [0, 0.1) is 47.3 Å². The lowest BCUT2D eigenvalue weighted by molar-refractivity contribution is 0.368. The molecule has 0 saturated carbocycles. The van der Waals surface area contributed by atoms with Gasteiger partial charge in [0, 0.05) is 49.6 Å². The first kappa shape index (κ1) is 81.1. The molecule has 1 aliphatic heterocycles. The van der Waals surface area contributed by atoms with Crippen LogP contribution in [0.1, 0.15) is 208 Å². The predicted molar refractivity (Wildman–Crippen MR) is 315 cm³/mol. The fraction of sp³-hybridized carbons (Fsp3) is 0.683. The van der Waals surface area contributed by atoms with Crippen LogP contribution in [0.3, 0.4) is 0 Å². The van der Waals surface area contributed by atoms with Crippen LogP contribution in [0.2, 0.25) is 0 Å². The van der Waals surface area contributed by atoms with E-state index in [0.717, 1.165) is 93.1 Å². The smallest absolute Gasteiger partial charge is 0.0885 e. The van der Waals surface area contributed by atoms with E-state index in [1.54, 1.807) is 0 Å². The van der Waals surface area contributed by atoms with Crippen LogP contribution in [-0.2, 0) is 6.42 Å². The average molecular weight is 960 g/mol. The molecule has 1 aromatic carbocycles. The summed E-state index contributed by atoms with van der Waals surface area (Å²) in [6, 6.07) is 10.6. The summed E-state index contributed by atoms with van der Waals surface area (Å²) in [5.41, 5.74) is 25.7. The normalized spacial score (nSPS) is 10.6. The van der Waals surface area contributed by atoms with E-state index >= 15 is 0 Å². The van der Waals surface area contributed by atoms with Gasteiger partial charge in [-0.05, 0) is 116 Å². The molecule has 8 nitrogen and oxygen atoms in total. The highest BCUT2D eigenvalue weighted by Gasteiger charge is 2.03. The molecule has 2 rings (SSSR count). The Morgan fingerprint density at radius 1 is 0.574 bits per heavy atom. The highest BCUT2D eigenvalue weighted by molar-refractivity contribution is 5.65. The lowest BCUT2D eigenvalue weighted by Crippen LogP contribution is -2.19. The van der Waals surface area contributed by atoms with Crippen molar-refractivity contribution in [1.29, 1.82) is 0 Å². The molecule has 1 heterocycles. The molecule has 0 aromatic heterocycles. The van der Waals surface area contributed by atoms with E-state index in [1.807, 2.05) is 26.3 Å². The van der Waals surface area contributed by atoms with Crippen molar-refractivity contribution in [2.24, 2.45) is 75.3 Å². The third-order valence-electron chi connectivity index (χ3n) is 8.81. The number of nitrogens with zero attached hydrogens (tertiary/aromatic N) is 1. The van der Waals surface area contributed by atoms with Crippen LogP contribution in [0.4, 0.5) is 0 Å². The predicted octanol–water partition coefficient (Wildman–Crippen LogP) is 17.4. The number of hydrogen-bond donors (Lipinski definition) is 7. The lowest BCUT2D eigenvalue weighted by atomic mass is 10.0. The van der Waals surface area contributed by atoms with E-state index in [0.29, 0.717) is 35.3 Å². The molecule has 0 fully saturated rings. The minimum Gasteiger partial charge on any atom is -0.513 e. The number of benzene rings is 1. The Labute approximate surface area is 426 Å². The number of hydrogen-bond acceptors (Lipinski definition) is 8. The van der Waals surface area contributed by atoms with Gasteiger partial charge >= 0.3 is 0 Å². The molecule has 8 heteroatoms. The first-order valence-electron chi connectivity index (χ1n) is 25.2. The molecule has 68 heavy (non-hydrogen) atoms. The lowest BCUT2D eigenvalue weighted by Gasteiger charge is -2.05. The summed E-state index contributed by atoms with van der Waals surface area (Å²) in [7, 11) is 0. The van der Waals surface area contributed by atoms with E-state index in [2.05, 4.69) is 170 Å². The Hall–Kier alpha value is -3.91. The first-order valence-corrected chi connectivity index (χ1v) is 25.2. The van der Waals surface area contributed by atoms with Gasteiger partial charge in [-0.3, -0.25) is 4.99 Å². The van der Waals surface area contributed by atoms with Crippen LogP contribution in [0.5, 0.6) is 0 Å². The molecule has 0 spiro atoms. The standard InChI is InChI=1S/C10H14.C8H18N2.C7H11N.C7H15N.C7H17N.C7H14O.C6H13N.C6H12O.2CH4/c1-9(2)8-10-6-4-3-5-7-10;1-7(2)5-4-6-10-8(3)9;1-6(2)7-3-4-8-5-7;1-6(2)4-5-7(3)8;1-7(2)5-3-4-6-8;1-6(2)4-5-7(3)8;2*1-5(2)4-6(3)7;;/h3-7,9H,8H2,1-2H3;7,10H,3-6,9H2,1-2H3;4-6H,3H2,1-2H3;6H,3-5,8H2,1-2H3;7H,3-6,8H2,1-2H3;6,8H,3-5H2,1-2H3;5H,3-4,7H2,1-2H3;5,7H,3-4H2,1-2H3;2*1H4. The molecule has 404 valence electrons. The van der Waals surface area contributed by atoms with Crippen LogP contribution in [0.15, 0.2) is 109 Å². The summed E-state index contributed by atoms with van der Waals surface area (Å²) < 4.78 is 0. The number of aliphatic hydroxyl groups excluding tert-OH is 2. The number of nitrogens with two attached hydrogens (primary N) is 4. The van der Waals surface area contributed by atoms with Gasteiger partial charge < -0.3 is 38.5 Å².